The predicted octanol–water partition coefficient (Wildman–Crippen LogP) is 1.96. The number of nitrogens with one attached hydrogen (secondary N) is 2. The Balaban J connectivity index is 2.02. The number of sulfone groups is 1. The van der Waals surface area contributed by atoms with Gasteiger partial charge >= 0.3 is 11.4 Å². The number of anilines is 1. The van der Waals surface area contributed by atoms with Crippen molar-refractivity contribution in [2.75, 3.05) is 5.32 Å². The zero-order chi connectivity index (χ0) is 21.3. The number of benzene rings is 2. The molecule has 1 aromatic heterocycles. The van der Waals surface area contributed by atoms with E-state index in [1.807, 2.05) is 0 Å². The van der Waals surface area contributed by atoms with Gasteiger partial charge in [0.05, 0.1) is 21.5 Å². The van der Waals surface area contributed by atoms with Crippen molar-refractivity contribution in [3.8, 4) is 0 Å². The molecule has 29 heavy (non-hydrogen) atoms. The number of nitrogens with zero attached hydrogens (tertiary/aromatic N) is 1. The number of para-hydroxylation sites is 1. The summed E-state index contributed by atoms with van der Waals surface area (Å²) in [5, 5.41) is 2.46. The van der Waals surface area contributed by atoms with Crippen LogP contribution in [0.4, 0.5) is 14.5 Å². The molecule has 0 aliphatic heterocycles. The number of alkyl halides is 2. The number of hydrogen-bond acceptors (Lipinski definition) is 5. The average molecular weight is 423 g/mol. The number of H-pyrrole nitrogens is 1. The van der Waals surface area contributed by atoms with Crippen LogP contribution in [0, 0.1) is 0 Å². The first-order chi connectivity index (χ1) is 13.7. The smallest absolute Gasteiger partial charge is 0.321 e. The molecule has 0 bridgehead atoms. The van der Waals surface area contributed by atoms with Crippen molar-refractivity contribution in [1.82, 2.24) is 9.55 Å². The summed E-state index contributed by atoms with van der Waals surface area (Å²) in [5.41, 5.74) is -1.37. The molecule has 3 aromatic rings. The minimum Gasteiger partial charge on any atom is -0.321 e. The third-order valence-electron chi connectivity index (χ3n) is 4.24. The van der Waals surface area contributed by atoms with Gasteiger partial charge in [0.15, 0.2) is 0 Å². The second-order valence-electron chi connectivity index (χ2n) is 6.00. The Morgan fingerprint density at radius 1 is 1.17 bits per heavy atom. The van der Waals surface area contributed by atoms with Crippen LogP contribution in [0.2, 0.25) is 0 Å². The van der Waals surface area contributed by atoms with Crippen LogP contribution in [-0.4, -0.2) is 29.6 Å². The summed E-state index contributed by atoms with van der Waals surface area (Å²) in [6, 6.07) is 8.67. The maximum atomic E-state index is 12.9. The molecule has 0 aliphatic carbocycles. The molecule has 0 atom stereocenters. The van der Waals surface area contributed by atoms with Crippen molar-refractivity contribution >= 4 is 32.3 Å². The second-order valence-corrected chi connectivity index (χ2v) is 7.88. The molecule has 2 aromatic carbocycles. The van der Waals surface area contributed by atoms with Gasteiger partial charge in [-0.1, -0.05) is 12.1 Å². The standard InChI is InChI=1S/C18H15F2N3O5S/c1-2-23-16(25)11-8-7-10(9-13(11)22-18(23)26)15(24)21-12-5-3-4-6-14(12)29(27,28)17(19)20/h3-9,17H,2H2,1H3,(H,21,24)(H,22,26). The van der Waals surface area contributed by atoms with Gasteiger partial charge in [-0.3, -0.25) is 14.2 Å². The van der Waals surface area contributed by atoms with Crippen LogP contribution in [0.15, 0.2) is 56.9 Å². The monoisotopic (exact) mass is 423 g/mol. The zero-order valence-corrected chi connectivity index (χ0v) is 15.8. The highest BCUT2D eigenvalue weighted by Gasteiger charge is 2.29. The summed E-state index contributed by atoms with van der Waals surface area (Å²) in [6.07, 6.45) is 0. The highest BCUT2D eigenvalue weighted by atomic mass is 32.2. The van der Waals surface area contributed by atoms with Crippen LogP contribution < -0.4 is 16.6 Å². The van der Waals surface area contributed by atoms with E-state index in [2.05, 4.69) is 10.3 Å². The molecule has 2 N–H and O–H groups in total. The number of aromatic nitrogens is 2. The van der Waals surface area contributed by atoms with Gasteiger partial charge in [0.2, 0.25) is 9.84 Å². The predicted molar refractivity (Wildman–Crippen MR) is 102 cm³/mol. The maximum Gasteiger partial charge on any atom is 0.341 e. The maximum absolute atomic E-state index is 12.9. The summed E-state index contributed by atoms with van der Waals surface area (Å²) in [5.74, 6) is -4.45. The molecule has 0 spiro atoms. The van der Waals surface area contributed by atoms with Crippen LogP contribution in [0.1, 0.15) is 17.3 Å². The van der Waals surface area contributed by atoms with E-state index in [4.69, 9.17) is 0 Å². The molecule has 3 rings (SSSR count). The molecule has 0 saturated carbocycles. The van der Waals surface area contributed by atoms with Crippen molar-refractivity contribution in [2.45, 2.75) is 24.1 Å². The van der Waals surface area contributed by atoms with E-state index in [9.17, 15) is 31.6 Å². The molecule has 0 unspecified atom stereocenters. The minimum absolute atomic E-state index is 0.00829. The van der Waals surface area contributed by atoms with Gasteiger partial charge in [-0.2, -0.15) is 8.78 Å². The molecule has 0 saturated heterocycles. The molecule has 0 fully saturated rings. The first kappa shape index (κ1) is 20.4. The van der Waals surface area contributed by atoms with Gasteiger partial charge < -0.3 is 10.3 Å². The van der Waals surface area contributed by atoms with Crippen molar-refractivity contribution in [3.63, 3.8) is 0 Å². The number of carbonyl (C=O) groups is 1. The number of amides is 1. The lowest BCUT2D eigenvalue weighted by Crippen LogP contribution is -2.34. The lowest BCUT2D eigenvalue weighted by molar-refractivity contribution is 0.102. The van der Waals surface area contributed by atoms with Gasteiger partial charge in [0.1, 0.15) is 0 Å². The lowest BCUT2D eigenvalue weighted by atomic mass is 10.1. The number of aromatic amines is 1. The first-order valence-electron chi connectivity index (χ1n) is 8.36. The summed E-state index contributed by atoms with van der Waals surface area (Å²) in [6.45, 7) is 1.80. The summed E-state index contributed by atoms with van der Waals surface area (Å²) < 4.78 is 50.4. The van der Waals surface area contributed by atoms with Gasteiger partial charge in [-0.15, -0.1) is 0 Å². The average Bonchev–Trinajstić information content (AvgIpc) is 2.68. The van der Waals surface area contributed by atoms with E-state index in [-0.39, 0.29) is 28.7 Å². The molecule has 8 nitrogen and oxygen atoms in total. The highest BCUT2D eigenvalue weighted by Crippen LogP contribution is 2.26. The Morgan fingerprint density at radius 2 is 1.86 bits per heavy atom. The number of hydrogen-bond donors (Lipinski definition) is 2. The Morgan fingerprint density at radius 3 is 2.52 bits per heavy atom. The van der Waals surface area contributed by atoms with E-state index < -0.39 is 37.6 Å². The van der Waals surface area contributed by atoms with Gasteiger partial charge in [-0.25, -0.2) is 13.2 Å². The van der Waals surface area contributed by atoms with E-state index >= 15 is 0 Å². The van der Waals surface area contributed by atoms with E-state index in [1.54, 1.807) is 6.92 Å². The Kier molecular flexibility index (Phi) is 5.33. The largest absolute Gasteiger partial charge is 0.341 e. The molecule has 1 heterocycles. The van der Waals surface area contributed by atoms with Crippen molar-refractivity contribution in [1.29, 1.82) is 0 Å². The van der Waals surface area contributed by atoms with E-state index in [0.717, 1.165) is 10.6 Å². The van der Waals surface area contributed by atoms with Crippen LogP contribution in [0.5, 0.6) is 0 Å². The highest BCUT2D eigenvalue weighted by molar-refractivity contribution is 7.91. The number of carbonyl (C=O) groups excluding carboxylic acids is 1. The first-order valence-corrected chi connectivity index (χ1v) is 9.90. The Hall–Kier alpha value is -3.34. The van der Waals surface area contributed by atoms with E-state index in [1.165, 1.54) is 36.4 Å². The molecule has 152 valence electrons. The molecule has 0 radical (unpaired) electrons. The SMILES string of the molecule is CCn1c(=O)[nH]c2cc(C(=O)Nc3ccccc3S(=O)(=O)C(F)F)ccc2c1=O. The normalized spacial score (nSPS) is 11.7. The molecule has 11 heteroatoms. The number of rotatable bonds is 5. The van der Waals surface area contributed by atoms with Crippen LogP contribution >= 0.6 is 0 Å². The third-order valence-corrected chi connectivity index (χ3v) is 5.67. The van der Waals surface area contributed by atoms with Crippen LogP contribution in [-0.2, 0) is 16.4 Å². The van der Waals surface area contributed by atoms with Gasteiger partial charge in [0.25, 0.3) is 11.5 Å². The quantitative estimate of drug-likeness (QED) is 0.650. The summed E-state index contributed by atoms with van der Waals surface area (Å²) in [7, 11) is -4.93. The minimum atomic E-state index is -4.93. The van der Waals surface area contributed by atoms with Crippen LogP contribution in [0.3, 0.4) is 0 Å². The van der Waals surface area contributed by atoms with Crippen molar-refractivity contribution < 1.29 is 22.0 Å². The lowest BCUT2D eigenvalue weighted by Gasteiger charge is -2.11. The zero-order valence-electron chi connectivity index (χ0n) is 15.0. The van der Waals surface area contributed by atoms with Crippen molar-refractivity contribution in [2.24, 2.45) is 0 Å². The third kappa shape index (κ3) is 3.68. The second kappa shape index (κ2) is 7.59. The van der Waals surface area contributed by atoms with Gasteiger partial charge in [0, 0.05) is 12.1 Å². The fourth-order valence-electron chi connectivity index (χ4n) is 2.79. The Bertz CT molecular complexity index is 1330. The molecule has 1 amide bonds. The molecule has 0 aliphatic rings. The fraction of sp³-hybridized carbons (Fsp3) is 0.167. The molecular formula is C18H15F2N3O5S. The summed E-state index contributed by atoms with van der Waals surface area (Å²) in [4.78, 5) is 38.5. The van der Waals surface area contributed by atoms with Crippen LogP contribution in [0.25, 0.3) is 10.9 Å². The number of fused-ring (bicyclic) bond motifs is 1. The van der Waals surface area contributed by atoms with Gasteiger partial charge in [-0.05, 0) is 37.3 Å². The van der Waals surface area contributed by atoms with Crippen molar-refractivity contribution in [3.05, 3.63) is 68.9 Å². The van der Waals surface area contributed by atoms with E-state index in [0.29, 0.717) is 0 Å². The Labute approximate surface area is 162 Å². The fourth-order valence-corrected chi connectivity index (χ4v) is 3.68. The number of halogens is 2. The topological polar surface area (TPSA) is 118 Å². The summed E-state index contributed by atoms with van der Waals surface area (Å²) >= 11 is 0. The molecular weight excluding hydrogens is 408 g/mol.